The van der Waals surface area contributed by atoms with Crippen LogP contribution in [0, 0.1) is 12.7 Å². The molecule has 3 rings (SSSR count). The normalized spacial score (nSPS) is 17.6. The van der Waals surface area contributed by atoms with Crippen LogP contribution in [0.25, 0.3) is 0 Å². The summed E-state index contributed by atoms with van der Waals surface area (Å²) in [6, 6.07) is 12.3. The average molecular weight is 281 g/mol. The van der Waals surface area contributed by atoms with Crippen molar-refractivity contribution in [2.24, 2.45) is 10.7 Å². The lowest BCUT2D eigenvalue weighted by Gasteiger charge is -2.14. The molecule has 0 amide bonds. The van der Waals surface area contributed by atoms with Gasteiger partial charge in [0.2, 0.25) is 0 Å². The molecule has 1 heterocycles. The number of nitrogens with one attached hydrogen (secondary N) is 1. The zero-order valence-electron chi connectivity index (χ0n) is 11.7. The van der Waals surface area contributed by atoms with Crippen LogP contribution in [0.5, 0.6) is 0 Å². The van der Waals surface area contributed by atoms with Gasteiger partial charge in [-0.2, -0.15) is 0 Å². The highest BCUT2D eigenvalue weighted by Crippen LogP contribution is 2.28. The van der Waals surface area contributed by atoms with E-state index in [4.69, 9.17) is 5.73 Å². The Hall–Kier alpha value is -2.46. The third-order valence-electron chi connectivity index (χ3n) is 3.54. The van der Waals surface area contributed by atoms with Crippen molar-refractivity contribution in [3.8, 4) is 0 Å². The maximum atomic E-state index is 13.5. The van der Waals surface area contributed by atoms with Gasteiger partial charge in [0.1, 0.15) is 12.0 Å². The first-order chi connectivity index (χ1) is 10.1. The number of benzodiazepines with no additional fused rings is 1. The number of hydrogen-bond donors (Lipinski definition) is 2. The second-order valence-electron chi connectivity index (χ2n) is 5.08. The molecule has 0 saturated carbocycles. The zero-order chi connectivity index (χ0) is 15.0. The molecule has 1 aliphatic rings. The Labute approximate surface area is 123 Å². The molecule has 4 heteroatoms. The summed E-state index contributed by atoms with van der Waals surface area (Å²) in [5.74, 6) is -0.297. The summed E-state index contributed by atoms with van der Waals surface area (Å²) in [5, 5.41) is 3.23. The van der Waals surface area contributed by atoms with E-state index >= 15 is 0 Å². The Morgan fingerprint density at radius 3 is 2.76 bits per heavy atom. The van der Waals surface area contributed by atoms with Gasteiger partial charge in [0.05, 0.1) is 11.4 Å². The van der Waals surface area contributed by atoms with Crippen LogP contribution in [0.15, 0.2) is 59.7 Å². The second-order valence-corrected chi connectivity index (χ2v) is 5.08. The van der Waals surface area contributed by atoms with E-state index in [0.717, 1.165) is 16.8 Å². The van der Waals surface area contributed by atoms with E-state index in [1.165, 1.54) is 12.1 Å². The number of anilines is 1. The Morgan fingerprint density at radius 2 is 2.00 bits per heavy atom. The van der Waals surface area contributed by atoms with E-state index in [1.807, 2.05) is 31.2 Å². The Kier molecular flexibility index (Phi) is 3.31. The maximum Gasteiger partial charge on any atom is 0.138 e. The lowest BCUT2D eigenvalue weighted by molar-refractivity contribution is 0.627. The molecule has 2 aromatic carbocycles. The molecular weight excluding hydrogens is 265 g/mol. The number of aryl methyl sites for hydroxylation is 1. The van der Waals surface area contributed by atoms with Crippen molar-refractivity contribution in [2.45, 2.75) is 13.1 Å². The topological polar surface area (TPSA) is 50.4 Å². The first kappa shape index (κ1) is 13.5. The molecule has 0 radical (unpaired) electrons. The molecule has 1 aliphatic heterocycles. The van der Waals surface area contributed by atoms with E-state index < -0.39 is 6.17 Å². The highest BCUT2D eigenvalue weighted by atomic mass is 19.1. The maximum absolute atomic E-state index is 13.5. The summed E-state index contributed by atoms with van der Waals surface area (Å²) in [5.41, 5.74) is 10.9. The number of hydrogen-bond acceptors (Lipinski definition) is 3. The standard InChI is InChI=1S/C17H16FN3/c1-10-5-3-8-14-15(10)20-11(2)17(19)21-16(14)12-6-4-7-13(18)9-12/h3-9,17,20H,2,19H2,1H3. The predicted molar refractivity (Wildman–Crippen MR) is 84.0 cm³/mol. The average Bonchev–Trinajstić information content (AvgIpc) is 2.58. The fraction of sp³-hybridized carbons (Fsp3) is 0.118. The van der Waals surface area contributed by atoms with Crippen LogP contribution in [0.1, 0.15) is 16.7 Å². The van der Waals surface area contributed by atoms with Crippen molar-refractivity contribution in [2.75, 3.05) is 5.32 Å². The monoisotopic (exact) mass is 281 g/mol. The number of rotatable bonds is 1. The van der Waals surface area contributed by atoms with Crippen molar-refractivity contribution in [1.82, 2.24) is 0 Å². The molecule has 3 N–H and O–H groups in total. The minimum absolute atomic E-state index is 0.297. The summed E-state index contributed by atoms with van der Waals surface area (Å²) in [6.45, 7) is 5.92. The largest absolute Gasteiger partial charge is 0.356 e. The molecule has 1 unspecified atom stereocenters. The molecule has 3 nitrogen and oxygen atoms in total. The molecule has 21 heavy (non-hydrogen) atoms. The minimum atomic E-state index is -0.574. The number of nitrogens with two attached hydrogens (primary N) is 1. The molecule has 106 valence electrons. The first-order valence-electron chi connectivity index (χ1n) is 6.71. The molecule has 2 aromatic rings. The lowest BCUT2D eigenvalue weighted by Crippen LogP contribution is -2.23. The fourth-order valence-corrected chi connectivity index (χ4v) is 2.42. The lowest BCUT2D eigenvalue weighted by atomic mass is 9.98. The van der Waals surface area contributed by atoms with E-state index in [9.17, 15) is 4.39 Å². The quantitative estimate of drug-likeness (QED) is 0.843. The highest BCUT2D eigenvalue weighted by Gasteiger charge is 2.21. The van der Waals surface area contributed by atoms with Gasteiger partial charge in [0.15, 0.2) is 0 Å². The molecule has 0 spiro atoms. The third kappa shape index (κ3) is 2.45. The van der Waals surface area contributed by atoms with Gasteiger partial charge in [0.25, 0.3) is 0 Å². The number of fused-ring (bicyclic) bond motifs is 1. The van der Waals surface area contributed by atoms with Crippen LogP contribution in [0.2, 0.25) is 0 Å². The van der Waals surface area contributed by atoms with Gasteiger partial charge in [-0.05, 0) is 24.6 Å². The van der Waals surface area contributed by atoms with Gasteiger partial charge < -0.3 is 11.1 Å². The summed E-state index contributed by atoms with van der Waals surface area (Å²) in [4.78, 5) is 4.52. The predicted octanol–water partition coefficient (Wildman–Crippen LogP) is 3.20. The van der Waals surface area contributed by atoms with Gasteiger partial charge in [-0.25, -0.2) is 4.39 Å². The summed E-state index contributed by atoms with van der Waals surface area (Å²) in [7, 11) is 0. The zero-order valence-corrected chi connectivity index (χ0v) is 11.7. The third-order valence-corrected chi connectivity index (χ3v) is 3.54. The van der Waals surface area contributed by atoms with E-state index in [1.54, 1.807) is 6.07 Å². The fourth-order valence-electron chi connectivity index (χ4n) is 2.42. The van der Waals surface area contributed by atoms with Crippen LogP contribution in [0.4, 0.5) is 10.1 Å². The van der Waals surface area contributed by atoms with Crippen LogP contribution in [-0.2, 0) is 0 Å². The van der Waals surface area contributed by atoms with Crippen LogP contribution >= 0.6 is 0 Å². The SMILES string of the molecule is C=C1Nc2c(C)cccc2C(c2cccc(F)c2)=NC1N. The molecule has 1 atom stereocenters. The molecule has 0 saturated heterocycles. The van der Waals surface area contributed by atoms with Crippen molar-refractivity contribution in [1.29, 1.82) is 0 Å². The summed E-state index contributed by atoms with van der Waals surface area (Å²) in [6.07, 6.45) is -0.574. The first-order valence-corrected chi connectivity index (χ1v) is 6.71. The Balaban J connectivity index is 2.25. The van der Waals surface area contributed by atoms with Gasteiger partial charge in [0, 0.05) is 16.8 Å². The Morgan fingerprint density at radius 1 is 1.24 bits per heavy atom. The van der Waals surface area contributed by atoms with E-state index in [-0.39, 0.29) is 5.82 Å². The molecule has 0 aliphatic carbocycles. The van der Waals surface area contributed by atoms with Gasteiger partial charge >= 0.3 is 0 Å². The number of halogens is 1. The van der Waals surface area contributed by atoms with Crippen LogP contribution < -0.4 is 11.1 Å². The molecular formula is C17H16FN3. The van der Waals surface area contributed by atoms with Gasteiger partial charge in [-0.15, -0.1) is 0 Å². The van der Waals surface area contributed by atoms with Gasteiger partial charge in [-0.1, -0.05) is 36.9 Å². The Bertz CT molecular complexity index is 749. The number of para-hydroxylation sites is 1. The van der Waals surface area contributed by atoms with Gasteiger partial charge in [-0.3, -0.25) is 4.99 Å². The van der Waals surface area contributed by atoms with E-state index in [2.05, 4.69) is 16.9 Å². The minimum Gasteiger partial charge on any atom is -0.356 e. The van der Waals surface area contributed by atoms with Crippen LogP contribution in [0.3, 0.4) is 0 Å². The van der Waals surface area contributed by atoms with E-state index in [0.29, 0.717) is 17.0 Å². The molecule has 0 aromatic heterocycles. The molecule has 0 fully saturated rings. The number of benzene rings is 2. The summed E-state index contributed by atoms with van der Waals surface area (Å²) >= 11 is 0. The highest BCUT2D eigenvalue weighted by molar-refractivity contribution is 6.16. The van der Waals surface area contributed by atoms with Crippen LogP contribution in [-0.4, -0.2) is 11.9 Å². The number of aliphatic imine (C=N–C) groups is 1. The van der Waals surface area contributed by atoms with Crippen molar-refractivity contribution >= 4 is 11.4 Å². The van der Waals surface area contributed by atoms with Crippen molar-refractivity contribution in [3.63, 3.8) is 0 Å². The summed E-state index contributed by atoms with van der Waals surface area (Å²) < 4.78 is 13.5. The number of nitrogens with zero attached hydrogens (tertiary/aromatic N) is 1. The van der Waals surface area contributed by atoms with Crippen molar-refractivity contribution < 1.29 is 4.39 Å². The smallest absolute Gasteiger partial charge is 0.138 e. The van der Waals surface area contributed by atoms with Crippen molar-refractivity contribution in [3.05, 3.63) is 77.2 Å². The molecule has 0 bridgehead atoms. The second kappa shape index (κ2) is 5.14.